The fraction of sp³-hybridized carbons (Fsp3) is 0.308. The summed E-state index contributed by atoms with van der Waals surface area (Å²) < 4.78 is 0. The molecule has 2 aromatic heterocycles. The smallest absolute Gasteiger partial charge is 0.337 e. The molecule has 2 rings (SSSR count). The topological polar surface area (TPSA) is 101 Å². The van der Waals surface area contributed by atoms with E-state index in [9.17, 15) is 4.79 Å². The lowest BCUT2D eigenvalue weighted by Crippen LogP contribution is -2.12. The van der Waals surface area contributed by atoms with Crippen LogP contribution in [0.3, 0.4) is 0 Å². The molecule has 1 atom stereocenters. The lowest BCUT2D eigenvalue weighted by molar-refractivity contribution is 0.0698. The summed E-state index contributed by atoms with van der Waals surface area (Å²) in [6, 6.07) is 1.34. The van der Waals surface area contributed by atoms with Crippen molar-refractivity contribution in [2.24, 2.45) is 0 Å². The number of carboxylic acids is 1. The third-order valence-electron chi connectivity index (χ3n) is 2.91. The molecule has 2 aromatic rings. The predicted octanol–water partition coefficient (Wildman–Crippen LogP) is 2.61. The molecule has 7 heteroatoms. The summed E-state index contributed by atoms with van der Waals surface area (Å²) in [7, 11) is 0. The zero-order valence-corrected chi connectivity index (χ0v) is 12.3. The van der Waals surface area contributed by atoms with E-state index in [4.69, 9.17) is 10.8 Å². The van der Waals surface area contributed by atoms with Crippen LogP contribution in [0, 0.1) is 13.8 Å². The van der Waals surface area contributed by atoms with E-state index in [2.05, 4.69) is 15.3 Å². The van der Waals surface area contributed by atoms with E-state index in [1.54, 1.807) is 11.3 Å². The van der Waals surface area contributed by atoms with Gasteiger partial charge in [-0.25, -0.2) is 14.8 Å². The van der Waals surface area contributed by atoms with Crippen LogP contribution in [0.2, 0.25) is 0 Å². The number of nitrogens with two attached hydrogens (primary N) is 1. The van der Waals surface area contributed by atoms with Crippen molar-refractivity contribution in [1.29, 1.82) is 0 Å². The van der Waals surface area contributed by atoms with Gasteiger partial charge in [0, 0.05) is 11.1 Å². The molecule has 0 aliphatic heterocycles. The van der Waals surface area contributed by atoms with Gasteiger partial charge in [0.15, 0.2) is 5.82 Å². The maximum atomic E-state index is 11.0. The number of pyridine rings is 1. The highest BCUT2D eigenvalue weighted by Gasteiger charge is 2.17. The largest absolute Gasteiger partial charge is 0.478 e. The zero-order valence-electron chi connectivity index (χ0n) is 11.5. The molecule has 0 amide bonds. The van der Waals surface area contributed by atoms with E-state index in [0.29, 0.717) is 5.82 Å². The minimum atomic E-state index is -1.06. The molecule has 1 unspecified atom stereocenters. The number of rotatable bonds is 4. The molecular formula is C13H16N4O2S. The van der Waals surface area contributed by atoms with Crippen LogP contribution >= 0.6 is 11.3 Å². The predicted molar refractivity (Wildman–Crippen MR) is 79.2 cm³/mol. The van der Waals surface area contributed by atoms with E-state index < -0.39 is 5.97 Å². The number of thiazole rings is 1. The van der Waals surface area contributed by atoms with Gasteiger partial charge >= 0.3 is 5.97 Å². The molecule has 0 aliphatic rings. The summed E-state index contributed by atoms with van der Waals surface area (Å²) in [6.07, 6.45) is 1.43. The first-order valence-electron chi connectivity index (χ1n) is 6.08. The third kappa shape index (κ3) is 2.72. The number of aromatic carboxylic acids is 1. The first kappa shape index (κ1) is 14.3. The average molecular weight is 292 g/mol. The van der Waals surface area contributed by atoms with Crippen molar-refractivity contribution in [2.45, 2.75) is 26.8 Å². The Hall–Kier alpha value is -2.15. The Balaban J connectivity index is 2.28. The first-order chi connectivity index (χ1) is 9.40. The van der Waals surface area contributed by atoms with Gasteiger partial charge in [0.25, 0.3) is 0 Å². The summed E-state index contributed by atoms with van der Waals surface area (Å²) in [6.45, 7) is 5.86. The second-order valence-electron chi connectivity index (χ2n) is 4.47. The molecule has 0 radical (unpaired) electrons. The SMILES string of the molecule is Cc1nc(C)c(C(C)Nc2nccc(C(=O)O)c2N)s1. The number of anilines is 2. The van der Waals surface area contributed by atoms with Crippen LogP contribution in [-0.2, 0) is 0 Å². The first-order valence-corrected chi connectivity index (χ1v) is 6.90. The Morgan fingerprint density at radius 2 is 2.20 bits per heavy atom. The van der Waals surface area contributed by atoms with Gasteiger partial charge in [-0.1, -0.05) is 0 Å². The Labute approximate surface area is 120 Å². The van der Waals surface area contributed by atoms with Crippen molar-refractivity contribution in [1.82, 2.24) is 9.97 Å². The molecule has 4 N–H and O–H groups in total. The van der Waals surface area contributed by atoms with E-state index in [1.807, 2.05) is 20.8 Å². The van der Waals surface area contributed by atoms with Gasteiger partial charge in [-0.3, -0.25) is 0 Å². The number of hydrogen-bond donors (Lipinski definition) is 3. The molecule has 106 valence electrons. The molecule has 0 saturated carbocycles. The highest BCUT2D eigenvalue weighted by molar-refractivity contribution is 7.11. The van der Waals surface area contributed by atoms with Crippen molar-refractivity contribution in [3.05, 3.63) is 33.4 Å². The summed E-state index contributed by atoms with van der Waals surface area (Å²) >= 11 is 1.60. The van der Waals surface area contributed by atoms with Gasteiger partial charge in [0.2, 0.25) is 0 Å². The molecule has 0 spiro atoms. The highest BCUT2D eigenvalue weighted by Crippen LogP contribution is 2.29. The zero-order chi connectivity index (χ0) is 14.9. The number of nitrogens with one attached hydrogen (secondary N) is 1. The number of carbonyl (C=O) groups is 1. The summed E-state index contributed by atoms with van der Waals surface area (Å²) in [5.41, 5.74) is 6.99. The van der Waals surface area contributed by atoms with Gasteiger partial charge in [0.05, 0.1) is 28.0 Å². The molecule has 0 bridgehead atoms. The van der Waals surface area contributed by atoms with Crippen LogP contribution in [0.1, 0.15) is 38.9 Å². The summed E-state index contributed by atoms with van der Waals surface area (Å²) in [4.78, 5) is 20.6. The maximum Gasteiger partial charge on any atom is 0.337 e. The maximum absolute atomic E-state index is 11.0. The normalized spacial score (nSPS) is 12.2. The fourth-order valence-corrected chi connectivity index (χ4v) is 2.92. The number of nitrogen functional groups attached to an aromatic ring is 1. The molecule has 2 heterocycles. The number of carboxylic acid groups (broad SMARTS) is 1. The minimum absolute atomic E-state index is 0.0416. The molecular weight excluding hydrogens is 276 g/mol. The Kier molecular flexibility index (Phi) is 3.89. The van der Waals surface area contributed by atoms with Crippen molar-refractivity contribution < 1.29 is 9.90 Å². The number of aromatic nitrogens is 2. The van der Waals surface area contributed by atoms with Crippen molar-refractivity contribution in [2.75, 3.05) is 11.1 Å². The van der Waals surface area contributed by atoms with E-state index in [0.717, 1.165) is 15.6 Å². The van der Waals surface area contributed by atoms with Crippen molar-refractivity contribution >= 4 is 28.8 Å². The molecule has 6 nitrogen and oxygen atoms in total. The number of hydrogen-bond acceptors (Lipinski definition) is 6. The van der Waals surface area contributed by atoms with Crippen LogP contribution in [0.25, 0.3) is 0 Å². The van der Waals surface area contributed by atoms with Crippen LogP contribution in [0.15, 0.2) is 12.3 Å². The molecule has 0 saturated heterocycles. The van der Waals surface area contributed by atoms with Gasteiger partial charge < -0.3 is 16.2 Å². The summed E-state index contributed by atoms with van der Waals surface area (Å²) in [5.74, 6) is -0.687. The lowest BCUT2D eigenvalue weighted by Gasteiger charge is -2.15. The second kappa shape index (κ2) is 5.46. The van der Waals surface area contributed by atoms with Crippen molar-refractivity contribution in [3.8, 4) is 0 Å². The molecule has 0 aromatic carbocycles. The minimum Gasteiger partial charge on any atom is -0.478 e. The van der Waals surface area contributed by atoms with Crippen LogP contribution < -0.4 is 11.1 Å². The third-order valence-corrected chi connectivity index (χ3v) is 4.16. The lowest BCUT2D eigenvalue weighted by atomic mass is 10.2. The molecule has 20 heavy (non-hydrogen) atoms. The van der Waals surface area contributed by atoms with Gasteiger partial charge in [-0.05, 0) is 26.8 Å². The van der Waals surface area contributed by atoms with E-state index in [1.165, 1.54) is 12.3 Å². The van der Waals surface area contributed by atoms with Gasteiger partial charge in [0.1, 0.15) is 0 Å². The van der Waals surface area contributed by atoms with Crippen LogP contribution in [0.5, 0.6) is 0 Å². The monoisotopic (exact) mass is 292 g/mol. The standard InChI is InChI=1S/C13H16N4O2S/c1-6-11(20-8(3)16-6)7(2)17-12-10(14)9(13(18)19)4-5-15-12/h4-5,7H,14H2,1-3H3,(H,15,17)(H,18,19). The Bertz CT molecular complexity index is 654. The summed E-state index contributed by atoms with van der Waals surface area (Å²) in [5, 5.41) is 13.2. The van der Waals surface area contributed by atoms with Crippen molar-refractivity contribution in [3.63, 3.8) is 0 Å². The van der Waals surface area contributed by atoms with E-state index >= 15 is 0 Å². The van der Waals surface area contributed by atoms with Crippen LogP contribution in [-0.4, -0.2) is 21.0 Å². The van der Waals surface area contributed by atoms with E-state index in [-0.39, 0.29) is 17.3 Å². The van der Waals surface area contributed by atoms with Gasteiger partial charge in [-0.2, -0.15) is 0 Å². The number of nitrogens with zero attached hydrogens (tertiary/aromatic N) is 2. The quantitative estimate of drug-likeness (QED) is 0.800. The highest BCUT2D eigenvalue weighted by atomic mass is 32.1. The molecule has 0 aliphatic carbocycles. The fourth-order valence-electron chi connectivity index (χ4n) is 1.99. The number of aryl methyl sites for hydroxylation is 2. The molecule has 0 fully saturated rings. The average Bonchev–Trinajstić information content (AvgIpc) is 2.70. The van der Waals surface area contributed by atoms with Crippen LogP contribution in [0.4, 0.5) is 11.5 Å². The Morgan fingerprint density at radius 1 is 1.50 bits per heavy atom. The Morgan fingerprint density at radius 3 is 2.75 bits per heavy atom. The van der Waals surface area contributed by atoms with Gasteiger partial charge in [-0.15, -0.1) is 11.3 Å². The second-order valence-corrected chi connectivity index (χ2v) is 5.71.